The molecule has 5 heteroatoms. The van der Waals surface area contributed by atoms with Crippen LogP contribution in [0, 0.1) is 0 Å². The van der Waals surface area contributed by atoms with Gasteiger partial charge in [-0.05, 0) is 24.5 Å². The summed E-state index contributed by atoms with van der Waals surface area (Å²) in [4.78, 5) is 16.0. The van der Waals surface area contributed by atoms with E-state index in [0.29, 0.717) is 11.7 Å². The maximum Gasteiger partial charge on any atom is 0.321 e. The van der Waals surface area contributed by atoms with Crippen LogP contribution >= 0.6 is 11.8 Å². The van der Waals surface area contributed by atoms with Crippen molar-refractivity contribution < 1.29 is 14.7 Å². The smallest absolute Gasteiger partial charge is 0.321 e. The van der Waals surface area contributed by atoms with Crippen molar-refractivity contribution in [2.45, 2.75) is 38.4 Å². The van der Waals surface area contributed by atoms with E-state index in [1.54, 1.807) is 0 Å². The molecule has 0 aliphatic carbocycles. The average Bonchev–Trinajstić information content (AvgIpc) is 2.68. The van der Waals surface area contributed by atoms with Crippen molar-refractivity contribution in [2.75, 3.05) is 6.61 Å². The van der Waals surface area contributed by atoms with Gasteiger partial charge in [-0.2, -0.15) is 0 Å². The van der Waals surface area contributed by atoms with Gasteiger partial charge in [0, 0.05) is 0 Å². The molecule has 0 bridgehead atoms. The molecule has 16 heavy (non-hydrogen) atoms. The number of aliphatic carboxylic acids is 1. The van der Waals surface area contributed by atoms with Crippen LogP contribution in [0.3, 0.4) is 0 Å². The van der Waals surface area contributed by atoms with Gasteiger partial charge in [-0.15, -0.1) is 0 Å². The summed E-state index contributed by atoms with van der Waals surface area (Å²) in [5.74, 6) is -0.808. The largest absolute Gasteiger partial charge is 0.480 e. The van der Waals surface area contributed by atoms with Crippen LogP contribution in [-0.2, 0) is 9.63 Å². The zero-order chi connectivity index (χ0) is 12.0. The van der Waals surface area contributed by atoms with Crippen molar-refractivity contribution in [1.29, 1.82) is 0 Å². The lowest BCUT2D eigenvalue weighted by atomic mass is 10.1. The van der Waals surface area contributed by atoms with Crippen LogP contribution in [0.5, 0.6) is 0 Å². The number of hydrogen-bond acceptors (Lipinski definition) is 4. The molecule has 1 atom stereocenters. The van der Waals surface area contributed by atoms with E-state index in [0.717, 1.165) is 24.8 Å². The Balaban J connectivity index is 2.53. The van der Waals surface area contributed by atoms with Crippen molar-refractivity contribution in [3.05, 3.63) is 11.6 Å². The third kappa shape index (κ3) is 3.56. The Kier molecular flexibility index (Phi) is 5.38. The summed E-state index contributed by atoms with van der Waals surface area (Å²) < 4.78 is 0. The Morgan fingerprint density at radius 2 is 2.38 bits per heavy atom. The lowest BCUT2D eigenvalue weighted by Gasteiger charge is -2.05. The second kappa shape index (κ2) is 6.58. The first-order valence-corrected chi connectivity index (χ1v) is 6.36. The number of thioether (sulfide) groups is 1. The van der Waals surface area contributed by atoms with Gasteiger partial charge in [-0.3, -0.25) is 4.79 Å². The van der Waals surface area contributed by atoms with Crippen molar-refractivity contribution in [1.82, 2.24) is 0 Å². The molecule has 0 aromatic carbocycles. The lowest BCUT2D eigenvalue weighted by Crippen LogP contribution is -2.15. The molecule has 0 spiro atoms. The van der Waals surface area contributed by atoms with E-state index in [2.05, 4.69) is 12.1 Å². The highest BCUT2D eigenvalue weighted by Crippen LogP contribution is 2.31. The summed E-state index contributed by atoms with van der Waals surface area (Å²) in [6.07, 6.45) is 4.58. The number of nitrogens with zero attached hydrogens (tertiary/aromatic N) is 1. The summed E-state index contributed by atoms with van der Waals surface area (Å²) in [5, 5.41) is 13.1. The van der Waals surface area contributed by atoms with E-state index in [1.165, 1.54) is 11.8 Å². The van der Waals surface area contributed by atoms with Gasteiger partial charge in [0.1, 0.15) is 16.9 Å². The quantitative estimate of drug-likeness (QED) is 0.575. The van der Waals surface area contributed by atoms with Gasteiger partial charge in [0.15, 0.2) is 0 Å². The van der Waals surface area contributed by atoms with E-state index < -0.39 is 11.2 Å². The number of oxime groups is 1. The Morgan fingerprint density at radius 1 is 1.62 bits per heavy atom. The SMILES string of the molecule is CCCCON=C1C=C(CC)C(C(=O)O)S1. The first-order chi connectivity index (χ1) is 7.69. The maximum atomic E-state index is 10.9. The molecule has 1 aliphatic heterocycles. The monoisotopic (exact) mass is 243 g/mol. The topological polar surface area (TPSA) is 58.9 Å². The highest BCUT2D eigenvalue weighted by atomic mass is 32.2. The Labute approximate surface area is 99.7 Å². The lowest BCUT2D eigenvalue weighted by molar-refractivity contribution is -0.135. The summed E-state index contributed by atoms with van der Waals surface area (Å²) in [5.41, 5.74) is 0.898. The second-order valence-electron chi connectivity index (χ2n) is 3.53. The van der Waals surface area contributed by atoms with Crippen LogP contribution in [0.15, 0.2) is 16.8 Å². The van der Waals surface area contributed by atoms with E-state index >= 15 is 0 Å². The molecular weight excluding hydrogens is 226 g/mol. The molecule has 1 heterocycles. The average molecular weight is 243 g/mol. The molecule has 1 aliphatic rings. The highest BCUT2D eigenvalue weighted by molar-refractivity contribution is 8.16. The van der Waals surface area contributed by atoms with E-state index in [1.807, 2.05) is 13.0 Å². The number of hydrogen-bond donors (Lipinski definition) is 1. The summed E-state index contributed by atoms with van der Waals surface area (Å²) in [7, 11) is 0. The molecule has 1 N–H and O–H groups in total. The van der Waals surface area contributed by atoms with Gasteiger partial charge in [-0.25, -0.2) is 0 Å². The predicted octanol–water partition coefficient (Wildman–Crippen LogP) is 2.65. The van der Waals surface area contributed by atoms with Crippen molar-refractivity contribution >= 4 is 22.8 Å². The third-order valence-corrected chi connectivity index (χ3v) is 3.43. The molecule has 0 amide bonds. The van der Waals surface area contributed by atoms with Crippen LogP contribution < -0.4 is 0 Å². The highest BCUT2D eigenvalue weighted by Gasteiger charge is 2.29. The minimum atomic E-state index is -0.808. The van der Waals surface area contributed by atoms with Gasteiger partial charge >= 0.3 is 5.97 Å². The first-order valence-electron chi connectivity index (χ1n) is 5.48. The molecule has 0 fully saturated rings. The van der Waals surface area contributed by atoms with Gasteiger partial charge < -0.3 is 9.94 Å². The van der Waals surface area contributed by atoms with Crippen molar-refractivity contribution in [3.8, 4) is 0 Å². The third-order valence-electron chi connectivity index (χ3n) is 2.26. The molecule has 0 saturated carbocycles. The summed E-state index contributed by atoms with van der Waals surface area (Å²) >= 11 is 1.24. The second-order valence-corrected chi connectivity index (χ2v) is 4.65. The van der Waals surface area contributed by atoms with Crippen LogP contribution in [0.25, 0.3) is 0 Å². The van der Waals surface area contributed by atoms with Crippen LogP contribution in [0.2, 0.25) is 0 Å². The normalized spacial score (nSPS) is 22.2. The van der Waals surface area contributed by atoms with E-state index in [-0.39, 0.29) is 0 Å². The van der Waals surface area contributed by atoms with Gasteiger partial charge in [-0.1, -0.05) is 37.2 Å². The van der Waals surface area contributed by atoms with Crippen molar-refractivity contribution in [3.63, 3.8) is 0 Å². The summed E-state index contributed by atoms with van der Waals surface area (Å²) in [6.45, 7) is 4.62. The number of carboxylic acid groups (broad SMARTS) is 1. The Bertz CT molecular complexity index is 312. The van der Waals surface area contributed by atoms with Crippen LogP contribution in [0.4, 0.5) is 0 Å². The summed E-state index contributed by atoms with van der Waals surface area (Å²) in [6, 6.07) is 0. The fourth-order valence-corrected chi connectivity index (χ4v) is 2.37. The molecule has 90 valence electrons. The van der Waals surface area contributed by atoms with Gasteiger partial charge in [0.05, 0.1) is 0 Å². The fraction of sp³-hybridized carbons (Fsp3) is 0.636. The number of carboxylic acids is 1. The first kappa shape index (κ1) is 13.1. The number of rotatable bonds is 6. The zero-order valence-electron chi connectivity index (χ0n) is 9.60. The fourth-order valence-electron chi connectivity index (χ4n) is 1.33. The molecule has 0 radical (unpaired) electrons. The Hall–Kier alpha value is -0.970. The number of unbranched alkanes of at least 4 members (excludes halogenated alkanes) is 1. The molecular formula is C11H17NO3S. The number of carbonyl (C=O) groups is 1. The van der Waals surface area contributed by atoms with Crippen LogP contribution in [-0.4, -0.2) is 28.0 Å². The zero-order valence-corrected chi connectivity index (χ0v) is 10.4. The molecule has 1 unspecified atom stereocenters. The van der Waals surface area contributed by atoms with E-state index in [4.69, 9.17) is 9.94 Å². The Morgan fingerprint density at radius 3 is 2.88 bits per heavy atom. The standard InChI is InChI=1S/C11H17NO3S/c1-3-5-6-15-12-9-7-8(4-2)10(16-9)11(13)14/h7,10H,3-6H2,1-2H3,(H,13,14). The molecule has 0 saturated heterocycles. The van der Waals surface area contributed by atoms with Gasteiger partial charge in [0.2, 0.25) is 0 Å². The predicted molar refractivity (Wildman–Crippen MR) is 65.7 cm³/mol. The maximum absolute atomic E-state index is 10.9. The van der Waals surface area contributed by atoms with Gasteiger partial charge in [0.25, 0.3) is 0 Å². The molecule has 0 aromatic heterocycles. The molecule has 4 nitrogen and oxygen atoms in total. The van der Waals surface area contributed by atoms with E-state index in [9.17, 15) is 4.79 Å². The van der Waals surface area contributed by atoms with Crippen LogP contribution in [0.1, 0.15) is 33.1 Å². The molecule has 1 rings (SSSR count). The minimum absolute atomic E-state index is 0.487. The minimum Gasteiger partial charge on any atom is -0.480 e. The van der Waals surface area contributed by atoms with Crippen molar-refractivity contribution in [2.24, 2.45) is 5.16 Å². The molecule has 0 aromatic rings.